The molecule has 13 heteroatoms. The van der Waals surface area contributed by atoms with Gasteiger partial charge in [0.05, 0.1) is 18.9 Å². The molecule has 0 spiro atoms. The van der Waals surface area contributed by atoms with E-state index in [2.05, 4.69) is 49.6 Å². The Morgan fingerprint density at radius 2 is 1.83 bits per heavy atom. The Kier molecular flexibility index (Phi) is 7.63. The zero-order chi connectivity index (χ0) is 29.3. The van der Waals surface area contributed by atoms with E-state index in [-0.39, 0.29) is 29.1 Å². The number of alkyl halides is 3. The van der Waals surface area contributed by atoms with E-state index in [1.165, 1.54) is 18.5 Å². The van der Waals surface area contributed by atoms with Crippen LogP contribution in [0.1, 0.15) is 35.3 Å². The Morgan fingerprint density at radius 1 is 1.07 bits per heavy atom. The van der Waals surface area contributed by atoms with Crippen LogP contribution in [0.25, 0.3) is 11.0 Å². The fraction of sp³-hybridized carbons (Fsp3) is 0.321. The Morgan fingerprint density at radius 3 is 2.54 bits per heavy atom. The number of halogens is 3. The Hall–Kier alpha value is -4.52. The van der Waals surface area contributed by atoms with Gasteiger partial charge in [-0.15, -0.1) is 0 Å². The zero-order valence-corrected chi connectivity index (χ0v) is 22.9. The Labute approximate surface area is 234 Å². The quantitative estimate of drug-likeness (QED) is 0.298. The molecule has 0 bridgehead atoms. The molecule has 5 rings (SSSR count). The molecule has 1 saturated heterocycles. The van der Waals surface area contributed by atoms with E-state index in [1.807, 2.05) is 6.92 Å². The lowest BCUT2D eigenvalue weighted by Crippen LogP contribution is -2.54. The highest BCUT2D eigenvalue weighted by atomic mass is 19.4. The number of fused-ring (bicyclic) bond motifs is 1. The number of rotatable bonds is 6. The van der Waals surface area contributed by atoms with Gasteiger partial charge < -0.3 is 25.6 Å². The molecule has 2 atom stereocenters. The number of ether oxygens (including phenoxy) is 1. The molecule has 0 unspecified atom stereocenters. The second-order valence-corrected chi connectivity index (χ2v) is 10.0. The zero-order valence-electron chi connectivity index (χ0n) is 22.9. The molecular weight excluding hydrogens is 537 g/mol. The molecule has 4 aromatic rings. The first kappa shape index (κ1) is 28.0. The predicted molar refractivity (Wildman–Crippen MR) is 150 cm³/mol. The van der Waals surface area contributed by atoms with Crippen LogP contribution in [0.5, 0.6) is 5.75 Å². The van der Waals surface area contributed by atoms with Crippen molar-refractivity contribution in [1.82, 2.24) is 25.3 Å². The first-order valence-electron chi connectivity index (χ1n) is 12.9. The maximum absolute atomic E-state index is 13.4. The van der Waals surface area contributed by atoms with Crippen molar-refractivity contribution in [3.8, 4) is 5.75 Å². The van der Waals surface area contributed by atoms with Crippen LogP contribution in [0.4, 0.5) is 36.3 Å². The number of nitrogens with zero attached hydrogens (tertiary/aromatic N) is 5. The maximum atomic E-state index is 13.4. The number of benzene rings is 2. The molecule has 41 heavy (non-hydrogen) atoms. The van der Waals surface area contributed by atoms with Gasteiger partial charge in [0.2, 0.25) is 5.95 Å². The minimum absolute atomic E-state index is 0.0132. The van der Waals surface area contributed by atoms with Gasteiger partial charge in [0.15, 0.2) is 5.82 Å². The van der Waals surface area contributed by atoms with Gasteiger partial charge in [-0.1, -0.05) is 6.07 Å². The molecule has 1 aliphatic rings. The molecule has 1 fully saturated rings. The van der Waals surface area contributed by atoms with Gasteiger partial charge >= 0.3 is 6.18 Å². The summed E-state index contributed by atoms with van der Waals surface area (Å²) in [6.07, 6.45) is -1.59. The summed E-state index contributed by atoms with van der Waals surface area (Å²) < 4.78 is 45.1. The molecule has 3 N–H and O–H groups in total. The summed E-state index contributed by atoms with van der Waals surface area (Å²) in [4.78, 5) is 33.1. The SMILES string of the molecule is COc1ccc(NC(=O)c2ccc(C)c(Nc3ncnc4cnc(N5C[C@@H](C)N[C@@H](C)C5)nc34)c2)cc1C(F)(F)F. The van der Waals surface area contributed by atoms with E-state index < -0.39 is 17.6 Å². The van der Waals surface area contributed by atoms with Gasteiger partial charge in [0.25, 0.3) is 5.91 Å². The van der Waals surface area contributed by atoms with Gasteiger partial charge in [-0.2, -0.15) is 13.2 Å². The fourth-order valence-electron chi connectivity index (χ4n) is 4.81. The highest BCUT2D eigenvalue weighted by Gasteiger charge is 2.34. The van der Waals surface area contributed by atoms with Gasteiger partial charge in [-0.3, -0.25) is 4.79 Å². The number of aryl methyl sites for hydroxylation is 1. The number of nitrogens with one attached hydrogen (secondary N) is 3. The van der Waals surface area contributed by atoms with Crippen LogP contribution in [0.2, 0.25) is 0 Å². The van der Waals surface area contributed by atoms with Crippen LogP contribution in [0.3, 0.4) is 0 Å². The van der Waals surface area contributed by atoms with Crippen molar-refractivity contribution >= 4 is 40.1 Å². The molecule has 2 aromatic carbocycles. The largest absolute Gasteiger partial charge is 0.496 e. The normalized spacial score (nSPS) is 17.4. The number of carbonyl (C=O) groups excluding carboxylic acids is 1. The average Bonchev–Trinajstić information content (AvgIpc) is 2.93. The lowest BCUT2D eigenvalue weighted by atomic mass is 10.1. The number of hydrogen-bond acceptors (Lipinski definition) is 9. The maximum Gasteiger partial charge on any atom is 0.420 e. The first-order chi connectivity index (χ1) is 19.5. The number of aromatic nitrogens is 4. The summed E-state index contributed by atoms with van der Waals surface area (Å²) >= 11 is 0. The molecule has 214 valence electrons. The second-order valence-electron chi connectivity index (χ2n) is 10.0. The smallest absolute Gasteiger partial charge is 0.420 e. The minimum atomic E-state index is -4.64. The van der Waals surface area contributed by atoms with Crippen LogP contribution in [0, 0.1) is 6.92 Å². The van der Waals surface area contributed by atoms with Crippen molar-refractivity contribution in [2.24, 2.45) is 0 Å². The van der Waals surface area contributed by atoms with Crippen molar-refractivity contribution in [2.45, 2.75) is 39.0 Å². The third-order valence-electron chi connectivity index (χ3n) is 6.72. The number of anilines is 4. The number of methoxy groups -OCH3 is 1. The standard InChI is InChI=1S/C28H29F3N8O2/c1-15-5-6-18(26(40)36-19-7-8-23(41-4)20(10-19)28(29,30)31)9-21(15)37-25-24-22(33-14-34-25)11-32-27(38-24)39-12-16(2)35-17(3)13-39/h5-11,14,16-17,35H,12-13H2,1-4H3,(H,36,40)(H,33,34,37)/t16-,17+. The van der Waals surface area contributed by atoms with Crippen molar-refractivity contribution in [3.05, 3.63) is 65.6 Å². The topological polar surface area (TPSA) is 117 Å². The van der Waals surface area contributed by atoms with Gasteiger partial charge in [0.1, 0.15) is 23.1 Å². The van der Waals surface area contributed by atoms with Crippen LogP contribution < -0.4 is 25.6 Å². The molecule has 1 amide bonds. The van der Waals surface area contributed by atoms with E-state index in [1.54, 1.807) is 24.4 Å². The summed E-state index contributed by atoms with van der Waals surface area (Å²) in [7, 11) is 1.16. The lowest BCUT2D eigenvalue weighted by Gasteiger charge is -2.36. The predicted octanol–water partition coefficient (Wildman–Crippen LogP) is 4.94. The van der Waals surface area contributed by atoms with E-state index in [0.29, 0.717) is 28.5 Å². The van der Waals surface area contributed by atoms with E-state index in [4.69, 9.17) is 9.72 Å². The molecule has 0 aliphatic carbocycles. The van der Waals surface area contributed by atoms with E-state index >= 15 is 0 Å². The van der Waals surface area contributed by atoms with Gasteiger partial charge in [-0.25, -0.2) is 19.9 Å². The Bertz CT molecular complexity index is 1590. The fourth-order valence-corrected chi connectivity index (χ4v) is 4.81. The van der Waals surface area contributed by atoms with Crippen molar-refractivity contribution in [3.63, 3.8) is 0 Å². The molecule has 1 aliphatic heterocycles. The third-order valence-corrected chi connectivity index (χ3v) is 6.72. The number of carbonyl (C=O) groups is 1. The monoisotopic (exact) mass is 566 g/mol. The van der Waals surface area contributed by atoms with E-state index in [0.717, 1.165) is 31.8 Å². The summed E-state index contributed by atoms with van der Waals surface area (Å²) in [5.74, 6) is 0.0893. The molecule has 3 heterocycles. The number of piperazine rings is 1. The highest BCUT2D eigenvalue weighted by molar-refractivity contribution is 6.05. The van der Waals surface area contributed by atoms with E-state index in [9.17, 15) is 18.0 Å². The van der Waals surface area contributed by atoms with Crippen LogP contribution in [0.15, 0.2) is 48.9 Å². The molecule has 0 saturated carbocycles. The second kappa shape index (κ2) is 11.2. The van der Waals surface area contributed by atoms with Crippen molar-refractivity contribution in [2.75, 3.05) is 35.7 Å². The molecular formula is C28H29F3N8O2. The van der Waals surface area contributed by atoms with Crippen molar-refractivity contribution < 1.29 is 22.7 Å². The van der Waals surface area contributed by atoms with Crippen LogP contribution in [-0.4, -0.2) is 58.1 Å². The van der Waals surface area contributed by atoms with Crippen LogP contribution >= 0.6 is 0 Å². The van der Waals surface area contributed by atoms with Gasteiger partial charge in [-0.05, 0) is 56.7 Å². The van der Waals surface area contributed by atoms with Crippen molar-refractivity contribution in [1.29, 1.82) is 0 Å². The third kappa shape index (κ3) is 6.14. The average molecular weight is 567 g/mol. The highest BCUT2D eigenvalue weighted by Crippen LogP contribution is 2.38. The Balaban J connectivity index is 1.41. The van der Waals surface area contributed by atoms with Crippen LogP contribution in [-0.2, 0) is 6.18 Å². The minimum Gasteiger partial charge on any atom is -0.496 e. The van der Waals surface area contributed by atoms with Gasteiger partial charge in [0, 0.05) is 42.1 Å². The summed E-state index contributed by atoms with van der Waals surface area (Å²) in [5, 5.41) is 9.27. The molecule has 10 nitrogen and oxygen atoms in total. The first-order valence-corrected chi connectivity index (χ1v) is 12.9. The molecule has 0 radical (unpaired) electrons. The molecule has 2 aromatic heterocycles. The number of hydrogen-bond donors (Lipinski definition) is 3. The number of amides is 1. The summed E-state index contributed by atoms with van der Waals surface area (Å²) in [6, 6.07) is 8.84. The summed E-state index contributed by atoms with van der Waals surface area (Å²) in [6.45, 7) is 7.57. The lowest BCUT2D eigenvalue weighted by molar-refractivity contribution is -0.138. The summed E-state index contributed by atoms with van der Waals surface area (Å²) in [5.41, 5.74) is 1.70.